The summed E-state index contributed by atoms with van der Waals surface area (Å²) in [5.41, 5.74) is 2.22. The van der Waals surface area contributed by atoms with Crippen molar-refractivity contribution >= 4 is 40.7 Å². The van der Waals surface area contributed by atoms with E-state index < -0.39 is 6.03 Å². The predicted molar refractivity (Wildman–Crippen MR) is 77.2 cm³/mol. The molecular formula is C12H12Cl2N4O. The van der Waals surface area contributed by atoms with Gasteiger partial charge >= 0.3 is 6.03 Å². The van der Waals surface area contributed by atoms with E-state index in [1.54, 1.807) is 18.2 Å². The molecule has 0 spiro atoms. The van der Waals surface area contributed by atoms with Crippen LogP contribution in [0.15, 0.2) is 18.2 Å². The molecule has 0 aliphatic carbocycles. The maximum absolute atomic E-state index is 11.8. The van der Waals surface area contributed by atoms with Gasteiger partial charge in [-0.25, -0.2) is 4.79 Å². The zero-order valence-corrected chi connectivity index (χ0v) is 11.9. The molecular weight excluding hydrogens is 287 g/mol. The Balaban J connectivity index is 2.09. The van der Waals surface area contributed by atoms with E-state index in [1.807, 2.05) is 13.8 Å². The SMILES string of the molecule is Cc1[nH]nc(NC(=O)Nc2cc(Cl)ccc2Cl)c1C. The number of nitrogens with zero attached hydrogens (tertiary/aromatic N) is 1. The van der Waals surface area contributed by atoms with Crippen LogP contribution in [0.2, 0.25) is 10.0 Å². The first kappa shape index (κ1) is 13.7. The lowest BCUT2D eigenvalue weighted by atomic mass is 10.3. The summed E-state index contributed by atoms with van der Waals surface area (Å²) in [7, 11) is 0. The summed E-state index contributed by atoms with van der Waals surface area (Å²) in [5, 5.41) is 12.9. The average Bonchev–Trinajstić information content (AvgIpc) is 2.66. The van der Waals surface area contributed by atoms with Gasteiger partial charge in [-0.15, -0.1) is 0 Å². The van der Waals surface area contributed by atoms with Crippen LogP contribution in [0.4, 0.5) is 16.3 Å². The topological polar surface area (TPSA) is 69.8 Å². The van der Waals surface area contributed by atoms with E-state index in [9.17, 15) is 4.79 Å². The molecule has 0 radical (unpaired) electrons. The molecule has 0 atom stereocenters. The number of halogens is 2. The van der Waals surface area contributed by atoms with Crippen molar-refractivity contribution in [2.24, 2.45) is 0 Å². The smallest absolute Gasteiger partial charge is 0.306 e. The van der Waals surface area contributed by atoms with Gasteiger partial charge in [0.2, 0.25) is 0 Å². The van der Waals surface area contributed by atoms with Gasteiger partial charge < -0.3 is 5.32 Å². The molecule has 0 aliphatic rings. The molecule has 0 bridgehead atoms. The number of carbonyl (C=O) groups excluding carboxylic acids is 1. The first-order valence-electron chi connectivity index (χ1n) is 5.52. The Labute approximate surface area is 120 Å². The summed E-state index contributed by atoms with van der Waals surface area (Å²) in [6.07, 6.45) is 0. The highest BCUT2D eigenvalue weighted by Gasteiger charge is 2.11. The third-order valence-electron chi connectivity index (χ3n) is 2.66. The summed E-state index contributed by atoms with van der Waals surface area (Å²) < 4.78 is 0. The number of aromatic nitrogens is 2. The fourth-order valence-corrected chi connectivity index (χ4v) is 1.80. The van der Waals surface area contributed by atoms with Crippen molar-refractivity contribution in [2.45, 2.75) is 13.8 Å². The number of benzene rings is 1. The second-order valence-electron chi connectivity index (χ2n) is 4.03. The van der Waals surface area contributed by atoms with Crippen LogP contribution >= 0.6 is 23.2 Å². The van der Waals surface area contributed by atoms with Gasteiger partial charge in [-0.1, -0.05) is 23.2 Å². The van der Waals surface area contributed by atoms with Crippen LogP contribution in [0.5, 0.6) is 0 Å². The number of H-pyrrole nitrogens is 1. The van der Waals surface area contributed by atoms with E-state index in [1.165, 1.54) is 0 Å². The molecule has 5 nitrogen and oxygen atoms in total. The molecule has 1 heterocycles. The summed E-state index contributed by atoms with van der Waals surface area (Å²) in [6, 6.07) is 4.41. The first-order valence-corrected chi connectivity index (χ1v) is 6.27. The lowest BCUT2D eigenvalue weighted by Gasteiger charge is -2.08. The Hall–Kier alpha value is -1.72. The summed E-state index contributed by atoms with van der Waals surface area (Å²) in [4.78, 5) is 11.8. The van der Waals surface area contributed by atoms with Crippen LogP contribution < -0.4 is 10.6 Å². The number of amides is 2. The fourth-order valence-electron chi connectivity index (χ4n) is 1.46. The second kappa shape index (κ2) is 5.50. The molecule has 0 unspecified atom stereocenters. The summed E-state index contributed by atoms with van der Waals surface area (Å²) in [6.45, 7) is 3.74. The molecule has 3 N–H and O–H groups in total. The number of anilines is 2. The zero-order valence-electron chi connectivity index (χ0n) is 10.3. The van der Waals surface area contributed by atoms with Gasteiger partial charge in [0.05, 0.1) is 10.7 Å². The minimum absolute atomic E-state index is 0.412. The van der Waals surface area contributed by atoms with Crippen molar-refractivity contribution in [3.63, 3.8) is 0 Å². The van der Waals surface area contributed by atoms with Crippen LogP contribution in [0, 0.1) is 13.8 Å². The molecule has 1 aromatic carbocycles. The Bertz CT molecular complexity index is 624. The highest BCUT2D eigenvalue weighted by atomic mass is 35.5. The Morgan fingerprint density at radius 3 is 2.63 bits per heavy atom. The monoisotopic (exact) mass is 298 g/mol. The van der Waals surface area contributed by atoms with Crippen molar-refractivity contribution in [3.8, 4) is 0 Å². The Morgan fingerprint density at radius 2 is 2.00 bits per heavy atom. The normalized spacial score (nSPS) is 10.3. The quantitative estimate of drug-likeness (QED) is 0.785. The van der Waals surface area contributed by atoms with E-state index in [0.29, 0.717) is 21.6 Å². The van der Waals surface area contributed by atoms with Gasteiger partial charge in [0.1, 0.15) is 0 Å². The molecule has 1 aromatic heterocycles. The van der Waals surface area contributed by atoms with Crippen LogP contribution in [0.25, 0.3) is 0 Å². The minimum atomic E-state index is -0.432. The van der Waals surface area contributed by atoms with E-state index in [2.05, 4.69) is 20.8 Å². The molecule has 0 saturated heterocycles. The van der Waals surface area contributed by atoms with E-state index in [0.717, 1.165) is 11.3 Å². The van der Waals surface area contributed by atoms with Gasteiger partial charge in [0.15, 0.2) is 5.82 Å². The lowest BCUT2D eigenvalue weighted by Crippen LogP contribution is -2.20. The van der Waals surface area contributed by atoms with E-state index in [4.69, 9.17) is 23.2 Å². The largest absolute Gasteiger partial charge is 0.324 e. The predicted octanol–water partition coefficient (Wildman–Crippen LogP) is 3.98. The number of hydrogen-bond donors (Lipinski definition) is 3. The Kier molecular flexibility index (Phi) is 3.97. The minimum Gasteiger partial charge on any atom is -0.306 e. The van der Waals surface area contributed by atoms with Gasteiger partial charge in [-0.05, 0) is 32.0 Å². The fraction of sp³-hybridized carbons (Fsp3) is 0.167. The van der Waals surface area contributed by atoms with Gasteiger partial charge in [0, 0.05) is 16.3 Å². The van der Waals surface area contributed by atoms with Gasteiger partial charge in [0.25, 0.3) is 0 Å². The second-order valence-corrected chi connectivity index (χ2v) is 4.87. The number of carbonyl (C=O) groups is 1. The van der Waals surface area contributed by atoms with Gasteiger partial charge in [-0.3, -0.25) is 10.4 Å². The number of urea groups is 1. The molecule has 7 heteroatoms. The summed E-state index contributed by atoms with van der Waals surface area (Å²) in [5.74, 6) is 0.480. The van der Waals surface area contributed by atoms with Crippen molar-refractivity contribution in [1.29, 1.82) is 0 Å². The highest BCUT2D eigenvalue weighted by molar-refractivity contribution is 6.35. The van der Waals surface area contributed by atoms with E-state index in [-0.39, 0.29) is 0 Å². The highest BCUT2D eigenvalue weighted by Crippen LogP contribution is 2.25. The van der Waals surface area contributed by atoms with Crippen molar-refractivity contribution in [3.05, 3.63) is 39.5 Å². The average molecular weight is 299 g/mol. The molecule has 2 aromatic rings. The maximum Gasteiger partial charge on any atom is 0.324 e. The molecule has 2 rings (SSSR count). The number of aromatic amines is 1. The standard InChI is InChI=1S/C12H12Cl2N4O/c1-6-7(2)17-18-11(6)16-12(19)15-10-5-8(13)3-4-9(10)14/h3-5H,1-2H3,(H3,15,16,17,18,19). The molecule has 100 valence electrons. The first-order chi connectivity index (χ1) is 8.97. The molecule has 0 fully saturated rings. The van der Waals surface area contributed by atoms with Crippen LogP contribution in [-0.2, 0) is 0 Å². The third-order valence-corrected chi connectivity index (χ3v) is 3.23. The van der Waals surface area contributed by atoms with Crippen LogP contribution in [-0.4, -0.2) is 16.2 Å². The number of hydrogen-bond acceptors (Lipinski definition) is 2. The Morgan fingerprint density at radius 1 is 1.26 bits per heavy atom. The van der Waals surface area contributed by atoms with Crippen molar-refractivity contribution < 1.29 is 4.79 Å². The van der Waals surface area contributed by atoms with Crippen molar-refractivity contribution in [2.75, 3.05) is 10.6 Å². The van der Waals surface area contributed by atoms with Crippen molar-refractivity contribution in [1.82, 2.24) is 10.2 Å². The number of nitrogens with one attached hydrogen (secondary N) is 3. The third kappa shape index (κ3) is 3.19. The molecule has 19 heavy (non-hydrogen) atoms. The lowest BCUT2D eigenvalue weighted by molar-refractivity contribution is 0.262. The zero-order chi connectivity index (χ0) is 14.0. The van der Waals surface area contributed by atoms with E-state index >= 15 is 0 Å². The van der Waals surface area contributed by atoms with Crippen LogP contribution in [0.1, 0.15) is 11.3 Å². The number of rotatable bonds is 2. The number of aryl methyl sites for hydroxylation is 1. The van der Waals surface area contributed by atoms with Gasteiger partial charge in [-0.2, -0.15) is 5.10 Å². The molecule has 0 saturated carbocycles. The maximum atomic E-state index is 11.8. The molecule has 2 amide bonds. The van der Waals surface area contributed by atoms with Crippen LogP contribution in [0.3, 0.4) is 0 Å². The summed E-state index contributed by atoms with van der Waals surface area (Å²) >= 11 is 11.8. The molecule has 0 aliphatic heterocycles.